The molecule has 0 fully saturated rings. The fourth-order valence-corrected chi connectivity index (χ4v) is 10.8. The number of carbonyl (C=O) groups excluding carboxylic acids is 2. The zero-order chi connectivity index (χ0) is 62.2. The van der Waals surface area contributed by atoms with Crippen molar-refractivity contribution in [2.75, 3.05) is 0 Å². The normalized spacial score (nSPS) is 12.7. The minimum atomic E-state index is -0.522. The molecule has 444 valence electrons. The first-order valence-electron chi connectivity index (χ1n) is 29.3. The van der Waals surface area contributed by atoms with Gasteiger partial charge in [-0.15, -0.1) is 0 Å². The minimum Gasteiger partial charge on any atom is -0.488 e. The minimum absolute atomic E-state index is 0.0253. The molecule has 0 saturated heterocycles. The van der Waals surface area contributed by atoms with Crippen molar-refractivity contribution >= 4 is 23.9 Å². The summed E-state index contributed by atoms with van der Waals surface area (Å²) in [6.07, 6.45) is 2.12. The van der Waals surface area contributed by atoms with E-state index in [1.165, 1.54) is 36.4 Å². The Morgan fingerprint density at radius 3 is 0.872 bits per heavy atom. The first-order chi connectivity index (χ1) is 40.4. The van der Waals surface area contributed by atoms with E-state index in [0.29, 0.717) is 35.6 Å². The van der Waals surface area contributed by atoms with Crippen LogP contribution in [-0.2, 0) is 60.6 Å². The summed E-state index contributed by atoms with van der Waals surface area (Å²) in [4.78, 5) is 49.3. The molecule has 0 heterocycles. The van der Waals surface area contributed by atoms with Crippen LogP contribution in [0, 0.1) is 34.1 Å². The van der Waals surface area contributed by atoms with E-state index < -0.39 is 31.5 Å². The van der Waals surface area contributed by atoms with E-state index in [9.17, 15) is 29.8 Å². The van der Waals surface area contributed by atoms with Gasteiger partial charge in [0.25, 0.3) is 0 Å². The number of nitro benzene ring substituents is 2. The molecule has 12 heteroatoms. The average molecular weight is 1160 g/mol. The molecule has 1 aliphatic carbocycles. The Bertz CT molecular complexity index is 3570. The Kier molecular flexibility index (Phi) is 17.4. The smallest absolute Gasteiger partial charge is 0.312 e. The second kappa shape index (κ2) is 24.2. The molecule has 8 aromatic carbocycles. The van der Waals surface area contributed by atoms with Gasteiger partial charge >= 0.3 is 11.4 Å². The second-order valence-corrected chi connectivity index (χ2v) is 27.2. The van der Waals surface area contributed by atoms with E-state index in [-0.39, 0.29) is 72.9 Å². The second-order valence-electron chi connectivity index (χ2n) is 27.2. The summed E-state index contributed by atoms with van der Waals surface area (Å²) in [5, 5.41) is 26.1. The lowest BCUT2D eigenvalue weighted by molar-refractivity contribution is -0.385. The largest absolute Gasteiger partial charge is 0.488 e. The van der Waals surface area contributed by atoms with E-state index in [0.717, 1.165) is 89.0 Å². The lowest BCUT2D eigenvalue weighted by Gasteiger charge is -2.29. The molecule has 0 N–H and O–H groups in total. The molecular formula is C74H78N2O10. The molecule has 0 amide bonds. The maximum absolute atomic E-state index is 13.0. The molecule has 86 heavy (non-hydrogen) atoms. The summed E-state index contributed by atoms with van der Waals surface area (Å²) in [7, 11) is 0. The van der Waals surface area contributed by atoms with Crippen molar-refractivity contribution in [2.24, 2.45) is 0 Å². The maximum atomic E-state index is 13.0. The van der Waals surface area contributed by atoms with Crippen LogP contribution in [-0.4, -0.2) is 22.4 Å². The van der Waals surface area contributed by atoms with E-state index in [2.05, 4.69) is 180 Å². The van der Waals surface area contributed by atoms with Gasteiger partial charge in [0.05, 0.1) is 9.85 Å². The number of aldehydes is 2. The van der Waals surface area contributed by atoms with E-state index >= 15 is 0 Å². The molecule has 12 nitrogen and oxygen atoms in total. The van der Waals surface area contributed by atoms with Crippen molar-refractivity contribution in [1.29, 1.82) is 0 Å². The Morgan fingerprint density at radius 2 is 0.640 bits per heavy atom. The third-order valence-electron chi connectivity index (χ3n) is 16.0. The number of nitro groups is 2. The van der Waals surface area contributed by atoms with Gasteiger partial charge in [0.1, 0.15) is 48.8 Å². The number of aryl methyl sites for hydroxylation is 2. The monoisotopic (exact) mass is 1150 g/mol. The van der Waals surface area contributed by atoms with Crippen LogP contribution in [0.5, 0.6) is 34.5 Å². The average Bonchev–Trinajstić information content (AvgIpc) is 1.18. The molecule has 1 aliphatic rings. The number of carbonyl (C=O) groups is 2. The van der Waals surface area contributed by atoms with Gasteiger partial charge < -0.3 is 18.9 Å². The molecule has 0 spiro atoms. The summed E-state index contributed by atoms with van der Waals surface area (Å²) in [6, 6.07) is 42.3. The number of hydrogen-bond donors (Lipinski definition) is 0. The number of rotatable bonds is 14. The van der Waals surface area contributed by atoms with Crippen LogP contribution in [0.2, 0.25) is 0 Å². The third-order valence-corrected chi connectivity index (χ3v) is 16.0. The van der Waals surface area contributed by atoms with Gasteiger partial charge in [-0.3, -0.25) is 29.8 Å². The van der Waals surface area contributed by atoms with Gasteiger partial charge in [0.15, 0.2) is 0 Å². The molecule has 0 radical (unpaired) electrons. The first-order valence-corrected chi connectivity index (χ1v) is 29.3. The zero-order valence-corrected chi connectivity index (χ0v) is 52.1. The Labute approximate surface area is 505 Å². The van der Waals surface area contributed by atoms with E-state index in [1.807, 2.05) is 13.8 Å². The van der Waals surface area contributed by atoms with Crippen LogP contribution in [0.1, 0.15) is 193 Å². The standard InChI is InChI=1S/C74H78N2O10/c1-45-15-19-47(20-16-45)43-83-67-51-29-55-37-61(73(9,10)11)39-57(69(55)85-65-25-23-49(41-77)27-63(65)75(79)80)31-53-35-60(72(6,7)8)36-54(68(53)84-44-48-21-17-46(2)18-22-48)32-58-40-62(74(12,13)14)38-56(30-52(67)34-59(33-51)71(3,4)5)70(58)86-66-26-24-50(42-78)28-64(66)76(81)82/h15-28,33-42H,29-32,43-44H2,1-14H3. The number of nitrogens with zero attached hydrogens (tertiary/aromatic N) is 2. The molecule has 0 aliphatic heterocycles. The summed E-state index contributed by atoms with van der Waals surface area (Å²) in [5.41, 5.74) is 12.4. The van der Waals surface area contributed by atoms with Gasteiger partial charge in [0.2, 0.25) is 11.5 Å². The molecular weight excluding hydrogens is 1080 g/mol. The van der Waals surface area contributed by atoms with Crippen LogP contribution in [0.25, 0.3) is 0 Å². The quantitative estimate of drug-likeness (QED) is 0.0583. The summed E-state index contributed by atoms with van der Waals surface area (Å²) in [6.45, 7) is 30.5. The highest BCUT2D eigenvalue weighted by molar-refractivity contribution is 5.78. The molecule has 8 aromatic rings. The SMILES string of the molecule is Cc1ccc(COc2c3cc(C(C)(C)C)cc2Cc2cc(C(C)(C)C)cc(c2Oc2ccc(C=O)cc2[N+](=O)[O-])Cc2cc(C(C)(C)C)cc(c2OCc2ccc(C)cc2)Cc2cc(C(C)(C)C)cc(c2Oc2ccc(C=O)cc2[N+](=O)[O-])C3)cc1. The Morgan fingerprint density at radius 1 is 0.384 bits per heavy atom. The van der Waals surface area contributed by atoms with E-state index in [4.69, 9.17) is 18.9 Å². The predicted molar refractivity (Wildman–Crippen MR) is 340 cm³/mol. The predicted octanol–water partition coefficient (Wildman–Crippen LogP) is 18.4. The van der Waals surface area contributed by atoms with Crippen molar-refractivity contribution < 1.29 is 38.4 Å². The fourth-order valence-electron chi connectivity index (χ4n) is 10.8. The van der Waals surface area contributed by atoms with Crippen molar-refractivity contribution in [1.82, 2.24) is 0 Å². The van der Waals surface area contributed by atoms with Crippen LogP contribution in [0.3, 0.4) is 0 Å². The number of hydrogen-bond acceptors (Lipinski definition) is 10. The molecule has 0 unspecified atom stereocenters. The number of ether oxygens (including phenoxy) is 4. The van der Waals surface area contributed by atoms with Gasteiger partial charge in [-0.05, 0) is 138 Å². The molecule has 0 atom stereocenters. The van der Waals surface area contributed by atoms with Gasteiger partial charge in [0, 0.05) is 48.9 Å². The van der Waals surface area contributed by atoms with Gasteiger partial charge in [-0.25, -0.2) is 0 Å². The van der Waals surface area contributed by atoms with Gasteiger partial charge in [-0.1, -0.05) is 191 Å². The Hall–Kier alpha value is -8.90. The van der Waals surface area contributed by atoms with Crippen LogP contribution in [0.15, 0.2) is 133 Å². The van der Waals surface area contributed by atoms with Crippen LogP contribution in [0.4, 0.5) is 11.4 Å². The lowest BCUT2D eigenvalue weighted by atomic mass is 9.79. The van der Waals surface area contributed by atoms with Crippen LogP contribution < -0.4 is 18.9 Å². The van der Waals surface area contributed by atoms with Crippen molar-refractivity contribution in [3.05, 3.63) is 254 Å². The highest BCUT2D eigenvalue weighted by Gasteiger charge is 2.32. The maximum Gasteiger partial charge on any atom is 0.312 e. The molecule has 0 saturated carbocycles. The zero-order valence-electron chi connectivity index (χ0n) is 52.1. The van der Waals surface area contributed by atoms with Crippen LogP contribution >= 0.6 is 0 Å². The van der Waals surface area contributed by atoms with Gasteiger partial charge in [-0.2, -0.15) is 0 Å². The molecule has 0 aromatic heterocycles. The van der Waals surface area contributed by atoms with Crippen molar-refractivity contribution in [2.45, 2.75) is 157 Å². The summed E-state index contributed by atoms with van der Waals surface area (Å²) in [5.74, 6) is 2.02. The highest BCUT2D eigenvalue weighted by Crippen LogP contribution is 2.48. The Balaban J connectivity index is 1.45. The topological polar surface area (TPSA) is 157 Å². The van der Waals surface area contributed by atoms with Crippen molar-refractivity contribution in [3.8, 4) is 34.5 Å². The summed E-state index contributed by atoms with van der Waals surface area (Å²) < 4.78 is 28.7. The number of benzene rings is 8. The van der Waals surface area contributed by atoms with Crippen molar-refractivity contribution in [3.63, 3.8) is 0 Å². The number of fused-ring (bicyclic) bond motifs is 8. The fraction of sp³-hybridized carbons (Fsp3) is 0.324. The molecule has 8 bridgehead atoms. The first kappa shape index (κ1) is 61.7. The van der Waals surface area contributed by atoms with E-state index in [1.54, 1.807) is 0 Å². The third kappa shape index (κ3) is 14.1. The lowest BCUT2D eigenvalue weighted by Crippen LogP contribution is -2.17. The highest BCUT2D eigenvalue weighted by atomic mass is 16.6. The summed E-state index contributed by atoms with van der Waals surface area (Å²) >= 11 is 0. The molecule has 9 rings (SSSR count).